The Morgan fingerprint density at radius 2 is 1.41 bits per heavy atom. The van der Waals surface area contributed by atoms with E-state index in [1.807, 2.05) is 83.4 Å². The summed E-state index contributed by atoms with van der Waals surface area (Å²) in [6, 6.07) is 11.7. The number of hydrogen-bond acceptors (Lipinski definition) is 5. The van der Waals surface area contributed by atoms with Crippen molar-refractivity contribution in [1.82, 2.24) is 29.5 Å². The van der Waals surface area contributed by atoms with Crippen LogP contribution in [0.3, 0.4) is 0 Å². The lowest BCUT2D eigenvalue weighted by molar-refractivity contribution is 0.0543. The fraction of sp³-hybridized carbons (Fsp3) is 0.214. The molecule has 11 heteroatoms. The molecule has 0 amide bonds. The highest BCUT2D eigenvalue weighted by Crippen LogP contribution is 2.25. The summed E-state index contributed by atoms with van der Waals surface area (Å²) in [6.07, 6.45) is 6.80. The van der Waals surface area contributed by atoms with Gasteiger partial charge in [0.15, 0.2) is 5.65 Å². The topological polar surface area (TPSA) is 101 Å². The van der Waals surface area contributed by atoms with E-state index >= 15 is 0 Å². The first-order valence-corrected chi connectivity index (χ1v) is 14.4. The molecule has 0 aliphatic heterocycles. The van der Waals surface area contributed by atoms with Gasteiger partial charge in [0, 0.05) is 65.8 Å². The molecular formula is C28H27Br3N6O2. The number of carbonyl (C=O) groups excluding carboxylic acids is 1. The minimum absolute atomic E-state index is 0.414. The van der Waals surface area contributed by atoms with Gasteiger partial charge in [0.2, 0.25) is 0 Å². The molecule has 0 aromatic carbocycles. The fourth-order valence-electron chi connectivity index (χ4n) is 3.69. The van der Waals surface area contributed by atoms with Crippen molar-refractivity contribution in [2.24, 2.45) is 0 Å². The van der Waals surface area contributed by atoms with Crippen molar-refractivity contribution in [2.75, 3.05) is 0 Å². The van der Waals surface area contributed by atoms with E-state index in [2.05, 4.69) is 72.7 Å². The summed E-state index contributed by atoms with van der Waals surface area (Å²) in [5.41, 5.74) is 3.82. The number of rotatable bonds is 0. The molecule has 6 aromatic rings. The number of aromatic nitrogens is 6. The molecule has 202 valence electrons. The third kappa shape index (κ3) is 7.14. The van der Waals surface area contributed by atoms with Crippen LogP contribution in [0.1, 0.15) is 32.2 Å². The van der Waals surface area contributed by atoms with Crippen LogP contribution in [0.4, 0.5) is 4.79 Å². The van der Waals surface area contributed by atoms with Gasteiger partial charge in [0.25, 0.3) is 0 Å². The number of halogens is 3. The standard InChI is InChI=1S/C13H15BrN2O2.C8H7BrN2.C7H5BrN2/c1-8-7-10(14)9-5-6-16(11(9)15-8)12(17)18-13(2,3)4;1-5-4-7(9)6-2-3-10-8(6)11-5;8-6-2-4-10-7-5(6)1-3-9-7/h5-7H,1-4H3;2-4H,1H3,(H,10,11);1-4H,(H,9,10). The SMILES string of the molecule is Brc1ccnc2[nH]ccc12.Cc1cc(Br)c2cc[nH]c2n1.Cc1cc(Br)c2ccn(C(=O)OC(C)(C)C)c2n1. The molecule has 0 saturated heterocycles. The first kappa shape index (κ1) is 29.0. The molecule has 0 saturated carbocycles. The zero-order chi connectivity index (χ0) is 28.3. The van der Waals surface area contributed by atoms with Crippen LogP contribution in [0.5, 0.6) is 0 Å². The average Bonchev–Trinajstić information content (AvgIpc) is 3.58. The Morgan fingerprint density at radius 1 is 0.821 bits per heavy atom. The molecule has 0 bridgehead atoms. The number of nitrogens with zero attached hydrogens (tertiary/aromatic N) is 4. The van der Waals surface area contributed by atoms with Crippen molar-refractivity contribution in [3.63, 3.8) is 0 Å². The summed E-state index contributed by atoms with van der Waals surface area (Å²) in [4.78, 5) is 30.9. The Hall–Kier alpha value is -3.02. The molecule has 0 aliphatic carbocycles. The molecule has 0 spiro atoms. The van der Waals surface area contributed by atoms with Gasteiger partial charge in [-0.15, -0.1) is 0 Å². The Morgan fingerprint density at radius 3 is 2.05 bits per heavy atom. The maximum absolute atomic E-state index is 12.0. The minimum Gasteiger partial charge on any atom is -0.443 e. The molecule has 8 nitrogen and oxygen atoms in total. The molecule has 0 aliphatic rings. The summed E-state index contributed by atoms with van der Waals surface area (Å²) in [5, 5.41) is 3.16. The van der Waals surface area contributed by atoms with E-state index in [0.717, 1.165) is 52.3 Å². The lowest BCUT2D eigenvalue weighted by atomic mass is 10.2. The second-order valence-electron chi connectivity index (χ2n) is 9.67. The first-order chi connectivity index (χ1) is 18.4. The number of carbonyl (C=O) groups is 1. The van der Waals surface area contributed by atoms with Crippen LogP contribution < -0.4 is 0 Å². The van der Waals surface area contributed by atoms with Crippen LogP contribution in [0, 0.1) is 13.8 Å². The lowest BCUT2D eigenvalue weighted by Crippen LogP contribution is -2.26. The number of pyridine rings is 3. The van der Waals surface area contributed by atoms with Gasteiger partial charge in [0.05, 0.1) is 0 Å². The van der Waals surface area contributed by atoms with Crippen LogP contribution in [0.15, 0.2) is 74.6 Å². The molecule has 0 atom stereocenters. The molecule has 2 N–H and O–H groups in total. The number of nitrogens with one attached hydrogen (secondary N) is 2. The van der Waals surface area contributed by atoms with Crippen LogP contribution in [-0.2, 0) is 4.74 Å². The maximum atomic E-state index is 12.0. The lowest BCUT2D eigenvalue weighted by Gasteiger charge is -2.19. The van der Waals surface area contributed by atoms with E-state index in [0.29, 0.717) is 5.65 Å². The molecule has 6 heterocycles. The highest BCUT2D eigenvalue weighted by molar-refractivity contribution is 9.11. The number of fused-ring (bicyclic) bond motifs is 3. The van der Waals surface area contributed by atoms with Crippen molar-refractivity contribution >= 4 is 87.0 Å². The van der Waals surface area contributed by atoms with Gasteiger partial charge in [0.1, 0.15) is 16.9 Å². The summed E-state index contributed by atoms with van der Waals surface area (Å²) in [7, 11) is 0. The first-order valence-electron chi connectivity index (χ1n) is 12.0. The third-order valence-electron chi connectivity index (χ3n) is 5.34. The van der Waals surface area contributed by atoms with Crippen LogP contribution in [0.2, 0.25) is 0 Å². The number of aryl methyl sites for hydroxylation is 2. The minimum atomic E-state index is -0.519. The van der Waals surface area contributed by atoms with Crippen LogP contribution in [0.25, 0.3) is 33.1 Å². The van der Waals surface area contributed by atoms with Gasteiger partial charge in [-0.25, -0.2) is 24.3 Å². The summed E-state index contributed by atoms with van der Waals surface area (Å²) < 4.78 is 9.87. The van der Waals surface area contributed by atoms with E-state index in [-0.39, 0.29) is 0 Å². The predicted octanol–water partition coefficient (Wildman–Crippen LogP) is 8.85. The normalized spacial score (nSPS) is 11.2. The quantitative estimate of drug-likeness (QED) is 0.163. The summed E-state index contributed by atoms with van der Waals surface area (Å²) >= 11 is 10.3. The van der Waals surface area contributed by atoms with E-state index in [1.165, 1.54) is 4.57 Å². The van der Waals surface area contributed by atoms with Crippen molar-refractivity contribution in [3.8, 4) is 0 Å². The van der Waals surface area contributed by atoms with Crippen LogP contribution in [-0.4, -0.2) is 41.2 Å². The largest absolute Gasteiger partial charge is 0.443 e. The smallest absolute Gasteiger partial charge is 0.420 e. The number of ether oxygens (including phenoxy) is 1. The van der Waals surface area contributed by atoms with Gasteiger partial charge >= 0.3 is 6.09 Å². The average molecular weight is 719 g/mol. The van der Waals surface area contributed by atoms with Crippen molar-refractivity contribution < 1.29 is 9.53 Å². The molecule has 39 heavy (non-hydrogen) atoms. The second-order valence-corrected chi connectivity index (χ2v) is 12.2. The Bertz CT molecular complexity index is 1760. The maximum Gasteiger partial charge on any atom is 0.420 e. The number of H-pyrrole nitrogens is 2. The summed E-state index contributed by atoms with van der Waals surface area (Å²) in [5.74, 6) is 0. The highest BCUT2D eigenvalue weighted by atomic mass is 79.9. The predicted molar refractivity (Wildman–Crippen MR) is 166 cm³/mol. The monoisotopic (exact) mass is 716 g/mol. The Kier molecular flexibility index (Phi) is 8.93. The highest BCUT2D eigenvalue weighted by Gasteiger charge is 2.20. The van der Waals surface area contributed by atoms with Crippen molar-refractivity contribution in [1.29, 1.82) is 0 Å². The van der Waals surface area contributed by atoms with E-state index in [9.17, 15) is 4.79 Å². The molecule has 0 fully saturated rings. The molecular weight excluding hydrogens is 692 g/mol. The summed E-state index contributed by atoms with van der Waals surface area (Å²) in [6.45, 7) is 9.38. The van der Waals surface area contributed by atoms with Crippen LogP contribution >= 0.6 is 47.8 Å². The van der Waals surface area contributed by atoms with Gasteiger partial charge in [-0.05, 0) is 119 Å². The van der Waals surface area contributed by atoms with Crippen molar-refractivity contribution in [3.05, 3.63) is 86.0 Å². The van der Waals surface area contributed by atoms with E-state index < -0.39 is 11.7 Å². The Labute approximate surface area is 251 Å². The van der Waals surface area contributed by atoms with Gasteiger partial charge in [-0.1, -0.05) is 0 Å². The number of aromatic amines is 2. The molecule has 0 radical (unpaired) electrons. The molecule has 6 rings (SSSR count). The molecule has 0 unspecified atom stereocenters. The zero-order valence-corrected chi connectivity index (χ0v) is 26.8. The van der Waals surface area contributed by atoms with Gasteiger partial charge in [-0.3, -0.25) is 0 Å². The number of hydrogen-bond donors (Lipinski definition) is 2. The van der Waals surface area contributed by atoms with Gasteiger partial charge in [-0.2, -0.15) is 0 Å². The van der Waals surface area contributed by atoms with E-state index in [4.69, 9.17) is 4.74 Å². The van der Waals surface area contributed by atoms with E-state index in [1.54, 1.807) is 12.4 Å². The Balaban J connectivity index is 0.000000144. The second kappa shape index (κ2) is 12.0. The molecule has 6 aromatic heterocycles. The van der Waals surface area contributed by atoms with Crippen molar-refractivity contribution in [2.45, 2.75) is 40.2 Å². The third-order valence-corrected chi connectivity index (χ3v) is 7.34. The fourth-order valence-corrected chi connectivity index (χ4v) is 5.42. The zero-order valence-electron chi connectivity index (χ0n) is 22.0. The van der Waals surface area contributed by atoms with Gasteiger partial charge < -0.3 is 14.7 Å².